The van der Waals surface area contributed by atoms with E-state index in [2.05, 4.69) is 5.32 Å². The Morgan fingerprint density at radius 3 is 2.19 bits per heavy atom. The fourth-order valence-electron chi connectivity index (χ4n) is 2.78. The van der Waals surface area contributed by atoms with Crippen molar-refractivity contribution in [3.05, 3.63) is 23.8 Å². The maximum atomic E-state index is 10.9. The summed E-state index contributed by atoms with van der Waals surface area (Å²) in [5.74, 6) is 0.729. The molecule has 0 bridgehead atoms. The lowest BCUT2D eigenvalue weighted by Gasteiger charge is -2.27. The van der Waals surface area contributed by atoms with Crippen molar-refractivity contribution in [1.82, 2.24) is 5.32 Å². The van der Waals surface area contributed by atoms with Crippen LogP contribution in [-0.2, 0) is 11.3 Å². The molecule has 21 heavy (non-hydrogen) atoms. The number of rotatable bonds is 6. The van der Waals surface area contributed by atoms with Gasteiger partial charge in [0.1, 0.15) is 11.5 Å². The van der Waals surface area contributed by atoms with Gasteiger partial charge in [-0.1, -0.05) is 0 Å². The Morgan fingerprint density at radius 2 is 1.71 bits per heavy atom. The van der Waals surface area contributed by atoms with Crippen molar-refractivity contribution in [2.75, 3.05) is 14.2 Å². The van der Waals surface area contributed by atoms with Crippen LogP contribution in [0.4, 0.5) is 0 Å². The molecule has 1 fully saturated rings. The molecule has 1 aliphatic rings. The second-order valence-corrected chi connectivity index (χ2v) is 5.49. The first-order chi connectivity index (χ1) is 10.1. The quantitative estimate of drug-likeness (QED) is 0.843. The number of methoxy groups -OCH3 is 2. The number of benzene rings is 1. The van der Waals surface area contributed by atoms with Gasteiger partial charge in [0.2, 0.25) is 0 Å². The lowest BCUT2D eigenvalue weighted by molar-refractivity contribution is -0.142. The molecule has 0 atom stereocenters. The number of carbonyl (C=O) groups is 1. The normalized spacial score (nSPS) is 21.8. The Balaban J connectivity index is 1.87. The number of carboxylic acid groups (broad SMARTS) is 1. The third-order valence-electron chi connectivity index (χ3n) is 4.08. The van der Waals surface area contributed by atoms with Gasteiger partial charge in [0, 0.05) is 18.7 Å². The summed E-state index contributed by atoms with van der Waals surface area (Å²) >= 11 is 0. The van der Waals surface area contributed by atoms with Gasteiger partial charge in [-0.05, 0) is 43.4 Å². The summed E-state index contributed by atoms with van der Waals surface area (Å²) in [7, 11) is 3.28. The highest BCUT2D eigenvalue weighted by molar-refractivity contribution is 5.70. The topological polar surface area (TPSA) is 67.8 Å². The number of hydrogen-bond donors (Lipinski definition) is 2. The first kappa shape index (κ1) is 15.6. The van der Waals surface area contributed by atoms with Crippen LogP contribution in [-0.4, -0.2) is 31.3 Å². The van der Waals surface area contributed by atoms with Crippen molar-refractivity contribution in [3.63, 3.8) is 0 Å². The Morgan fingerprint density at radius 1 is 1.14 bits per heavy atom. The number of ether oxygens (including phenoxy) is 2. The summed E-state index contributed by atoms with van der Waals surface area (Å²) in [4.78, 5) is 10.9. The highest BCUT2D eigenvalue weighted by Gasteiger charge is 2.25. The van der Waals surface area contributed by atoms with Crippen molar-refractivity contribution in [1.29, 1.82) is 0 Å². The molecule has 0 amide bonds. The molecule has 5 nitrogen and oxygen atoms in total. The van der Waals surface area contributed by atoms with Gasteiger partial charge in [0.05, 0.1) is 20.1 Å². The van der Waals surface area contributed by atoms with Gasteiger partial charge >= 0.3 is 5.97 Å². The Bertz CT molecular complexity index is 459. The molecule has 0 radical (unpaired) electrons. The zero-order chi connectivity index (χ0) is 15.2. The van der Waals surface area contributed by atoms with Crippen LogP contribution in [0.3, 0.4) is 0 Å². The summed E-state index contributed by atoms with van der Waals surface area (Å²) in [6.07, 6.45) is 3.35. The molecule has 0 unspecified atom stereocenters. The summed E-state index contributed by atoms with van der Waals surface area (Å²) in [6, 6.07) is 6.20. The minimum Gasteiger partial charge on any atom is -0.497 e. The maximum absolute atomic E-state index is 10.9. The van der Waals surface area contributed by atoms with E-state index in [1.807, 2.05) is 18.2 Å². The SMILES string of the molecule is COc1cc(CNC2CCC(C(=O)O)CC2)cc(OC)c1. The van der Waals surface area contributed by atoms with E-state index in [1.54, 1.807) is 14.2 Å². The molecule has 0 saturated heterocycles. The largest absolute Gasteiger partial charge is 0.497 e. The molecule has 116 valence electrons. The Hall–Kier alpha value is -1.75. The molecular formula is C16H23NO4. The summed E-state index contributed by atoms with van der Waals surface area (Å²) < 4.78 is 10.5. The van der Waals surface area contributed by atoms with Crippen molar-refractivity contribution < 1.29 is 19.4 Å². The van der Waals surface area contributed by atoms with Crippen LogP contribution < -0.4 is 14.8 Å². The predicted molar refractivity (Wildman–Crippen MR) is 79.8 cm³/mol. The van der Waals surface area contributed by atoms with E-state index < -0.39 is 5.97 Å². The fourth-order valence-corrected chi connectivity index (χ4v) is 2.78. The molecule has 0 spiro atoms. The molecule has 2 rings (SSSR count). The maximum Gasteiger partial charge on any atom is 0.306 e. The lowest BCUT2D eigenvalue weighted by atomic mass is 9.86. The molecule has 1 aromatic rings. The van der Waals surface area contributed by atoms with E-state index >= 15 is 0 Å². The fraction of sp³-hybridized carbons (Fsp3) is 0.562. The van der Waals surface area contributed by atoms with Crippen LogP contribution in [0.1, 0.15) is 31.2 Å². The van der Waals surface area contributed by atoms with Crippen LogP contribution >= 0.6 is 0 Å². The van der Waals surface area contributed by atoms with Crippen LogP contribution in [0.5, 0.6) is 11.5 Å². The third kappa shape index (κ3) is 4.36. The highest BCUT2D eigenvalue weighted by Crippen LogP contribution is 2.26. The van der Waals surface area contributed by atoms with Crippen LogP contribution in [0, 0.1) is 5.92 Å². The molecule has 0 heterocycles. The molecule has 1 aliphatic carbocycles. The number of carboxylic acids is 1. The van der Waals surface area contributed by atoms with E-state index in [4.69, 9.17) is 14.6 Å². The van der Waals surface area contributed by atoms with E-state index in [-0.39, 0.29) is 5.92 Å². The summed E-state index contributed by atoms with van der Waals surface area (Å²) in [5.41, 5.74) is 1.10. The first-order valence-corrected chi connectivity index (χ1v) is 7.30. The van der Waals surface area contributed by atoms with Crippen LogP contribution in [0.2, 0.25) is 0 Å². The predicted octanol–water partition coefficient (Wildman–Crippen LogP) is 2.44. The molecule has 2 N–H and O–H groups in total. The van der Waals surface area contributed by atoms with Crippen molar-refractivity contribution in [3.8, 4) is 11.5 Å². The van der Waals surface area contributed by atoms with Gasteiger partial charge in [0.15, 0.2) is 0 Å². The van der Waals surface area contributed by atoms with Crippen LogP contribution in [0.25, 0.3) is 0 Å². The van der Waals surface area contributed by atoms with Gasteiger partial charge in [0.25, 0.3) is 0 Å². The second kappa shape index (κ2) is 7.31. The van der Waals surface area contributed by atoms with Gasteiger partial charge in [-0.15, -0.1) is 0 Å². The average molecular weight is 293 g/mol. The van der Waals surface area contributed by atoms with E-state index in [9.17, 15) is 4.79 Å². The Kier molecular flexibility index (Phi) is 5.44. The van der Waals surface area contributed by atoms with E-state index in [1.165, 1.54) is 0 Å². The summed E-state index contributed by atoms with van der Waals surface area (Å²) in [5, 5.41) is 12.5. The standard InChI is InChI=1S/C16H23NO4/c1-20-14-7-11(8-15(9-14)21-2)10-17-13-5-3-12(4-6-13)16(18)19/h7-9,12-13,17H,3-6,10H2,1-2H3,(H,18,19). The molecular weight excluding hydrogens is 270 g/mol. The first-order valence-electron chi connectivity index (χ1n) is 7.30. The zero-order valence-electron chi connectivity index (χ0n) is 12.6. The molecule has 0 aromatic heterocycles. The molecule has 1 saturated carbocycles. The van der Waals surface area contributed by atoms with E-state index in [0.29, 0.717) is 6.04 Å². The number of hydrogen-bond acceptors (Lipinski definition) is 4. The smallest absolute Gasteiger partial charge is 0.306 e. The van der Waals surface area contributed by atoms with E-state index in [0.717, 1.165) is 49.3 Å². The minimum atomic E-state index is -0.661. The van der Waals surface area contributed by atoms with Gasteiger partial charge in [-0.25, -0.2) is 0 Å². The molecule has 0 aliphatic heterocycles. The van der Waals surface area contributed by atoms with Crippen LogP contribution in [0.15, 0.2) is 18.2 Å². The third-order valence-corrected chi connectivity index (χ3v) is 4.08. The monoisotopic (exact) mass is 293 g/mol. The van der Waals surface area contributed by atoms with Gasteiger partial charge in [-0.3, -0.25) is 4.79 Å². The average Bonchev–Trinajstić information content (AvgIpc) is 2.52. The Labute approximate surface area is 125 Å². The molecule has 1 aromatic carbocycles. The lowest BCUT2D eigenvalue weighted by Crippen LogP contribution is -2.34. The molecule has 5 heteroatoms. The van der Waals surface area contributed by atoms with Gasteiger partial charge < -0.3 is 19.9 Å². The van der Waals surface area contributed by atoms with Crippen molar-refractivity contribution in [2.45, 2.75) is 38.3 Å². The zero-order valence-corrected chi connectivity index (χ0v) is 12.6. The summed E-state index contributed by atoms with van der Waals surface area (Å²) in [6.45, 7) is 0.732. The number of nitrogens with one attached hydrogen (secondary N) is 1. The highest BCUT2D eigenvalue weighted by atomic mass is 16.5. The van der Waals surface area contributed by atoms with Crippen molar-refractivity contribution >= 4 is 5.97 Å². The number of aliphatic carboxylic acids is 1. The van der Waals surface area contributed by atoms with Crippen molar-refractivity contribution in [2.24, 2.45) is 5.92 Å². The second-order valence-electron chi connectivity index (χ2n) is 5.49. The minimum absolute atomic E-state index is 0.167. The van der Waals surface area contributed by atoms with Gasteiger partial charge in [-0.2, -0.15) is 0 Å².